The van der Waals surface area contributed by atoms with Crippen LogP contribution in [0.5, 0.6) is 0 Å². The molecule has 0 spiro atoms. The first-order valence-corrected chi connectivity index (χ1v) is 6.95. The summed E-state index contributed by atoms with van der Waals surface area (Å²) in [5.41, 5.74) is 1.01. The number of rotatable bonds is 3. The Balaban J connectivity index is 2.10. The maximum Gasteiger partial charge on any atom is 0.223 e. The lowest BCUT2D eigenvalue weighted by Gasteiger charge is -2.23. The van der Waals surface area contributed by atoms with Gasteiger partial charge >= 0.3 is 0 Å². The molecule has 0 N–H and O–H groups in total. The van der Waals surface area contributed by atoms with E-state index in [2.05, 4.69) is 17.6 Å². The van der Waals surface area contributed by atoms with Crippen LogP contribution < -0.4 is 0 Å². The Hall–Kier alpha value is -0.550. The van der Waals surface area contributed by atoms with Crippen LogP contribution >= 0.6 is 24.0 Å². The van der Waals surface area contributed by atoms with Crippen molar-refractivity contribution in [2.75, 3.05) is 12.3 Å². The number of hydrogen-bond acceptors (Lipinski definition) is 4. The highest BCUT2D eigenvalue weighted by Gasteiger charge is 2.32. The molecule has 1 saturated heterocycles. The fourth-order valence-electron chi connectivity index (χ4n) is 2.04. The molecule has 88 valence electrons. The minimum atomic E-state index is 0.0994. The maximum atomic E-state index is 11.8. The predicted octanol–water partition coefficient (Wildman–Crippen LogP) is 2.29. The molecule has 2 rings (SSSR count). The Kier molecular flexibility index (Phi) is 3.54. The quantitative estimate of drug-likeness (QED) is 0.842. The summed E-state index contributed by atoms with van der Waals surface area (Å²) in [6.45, 7) is 4.86. The molecule has 0 aromatic carbocycles. The monoisotopic (exact) mass is 256 g/mol. The van der Waals surface area contributed by atoms with Crippen molar-refractivity contribution in [1.82, 2.24) is 9.88 Å². The second kappa shape index (κ2) is 4.75. The summed E-state index contributed by atoms with van der Waals surface area (Å²) < 4.78 is 0. The Morgan fingerprint density at radius 1 is 1.75 bits per heavy atom. The van der Waals surface area contributed by atoms with Gasteiger partial charge in [-0.05, 0) is 25.5 Å². The van der Waals surface area contributed by atoms with E-state index in [0.717, 1.165) is 23.0 Å². The van der Waals surface area contributed by atoms with Gasteiger partial charge in [-0.3, -0.25) is 4.79 Å². The summed E-state index contributed by atoms with van der Waals surface area (Å²) in [7, 11) is 0. The van der Waals surface area contributed by atoms with Gasteiger partial charge in [0.1, 0.15) is 0 Å². The highest BCUT2D eigenvalue weighted by molar-refractivity contribution is 7.80. The number of aromatic nitrogens is 1. The molecule has 1 amide bonds. The van der Waals surface area contributed by atoms with Crippen LogP contribution in [-0.4, -0.2) is 28.1 Å². The number of hydrogen-bond donors (Lipinski definition) is 1. The molecule has 1 aliphatic rings. The molecule has 3 nitrogen and oxygen atoms in total. The van der Waals surface area contributed by atoms with Gasteiger partial charge in [0.2, 0.25) is 5.91 Å². The number of likely N-dealkylation sites (tertiary alicyclic amines) is 1. The van der Waals surface area contributed by atoms with Gasteiger partial charge in [-0.25, -0.2) is 4.98 Å². The van der Waals surface area contributed by atoms with E-state index in [1.165, 1.54) is 0 Å². The summed E-state index contributed by atoms with van der Waals surface area (Å²) in [4.78, 5) is 18.2. The molecule has 16 heavy (non-hydrogen) atoms. The molecule has 0 aliphatic carbocycles. The Bertz CT molecular complexity index is 391. The second-order valence-corrected chi connectivity index (χ2v) is 5.69. The molecule has 0 bridgehead atoms. The first kappa shape index (κ1) is 11.9. The van der Waals surface area contributed by atoms with Crippen molar-refractivity contribution in [1.29, 1.82) is 0 Å². The molecule has 2 unspecified atom stereocenters. The zero-order chi connectivity index (χ0) is 11.7. The first-order chi connectivity index (χ1) is 7.61. The molecule has 1 aromatic heterocycles. The third kappa shape index (κ3) is 2.25. The van der Waals surface area contributed by atoms with Gasteiger partial charge in [-0.15, -0.1) is 11.3 Å². The average molecular weight is 256 g/mol. The fraction of sp³-hybridized carbons (Fsp3) is 0.636. The van der Waals surface area contributed by atoms with E-state index < -0.39 is 0 Å². The van der Waals surface area contributed by atoms with Crippen molar-refractivity contribution in [2.45, 2.75) is 26.3 Å². The molecule has 1 aliphatic heterocycles. The fourth-order valence-corrected chi connectivity index (χ4v) is 2.98. The molecular formula is C11H16N2OS2. The maximum absolute atomic E-state index is 11.8. The number of amides is 1. The van der Waals surface area contributed by atoms with Crippen molar-refractivity contribution in [3.8, 4) is 0 Å². The topological polar surface area (TPSA) is 33.2 Å². The van der Waals surface area contributed by atoms with Gasteiger partial charge in [0.05, 0.1) is 16.7 Å². The van der Waals surface area contributed by atoms with Gasteiger partial charge in [-0.2, -0.15) is 12.6 Å². The van der Waals surface area contributed by atoms with Crippen LogP contribution in [-0.2, 0) is 4.79 Å². The number of carbonyl (C=O) groups excluding carboxylic acids is 1. The van der Waals surface area contributed by atoms with E-state index in [1.54, 1.807) is 11.3 Å². The van der Waals surface area contributed by atoms with Crippen LogP contribution in [0.2, 0.25) is 0 Å². The number of thiol groups is 1. The van der Waals surface area contributed by atoms with Crippen molar-refractivity contribution in [3.05, 3.63) is 16.1 Å². The van der Waals surface area contributed by atoms with E-state index in [1.807, 2.05) is 24.1 Å². The summed E-state index contributed by atoms with van der Waals surface area (Å²) in [5.74, 6) is 1.42. The number of nitrogens with zero attached hydrogens (tertiary/aromatic N) is 2. The second-order valence-electron chi connectivity index (χ2n) is 4.27. The molecule has 5 heteroatoms. The highest BCUT2D eigenvalue weighted by Crippen LogP contribution is 2.29. The number of aryl methyl sites for hydroxylation is 1. The van der Waals surface area contributed by atoms with Gasteiger partial charge in [0, 0.05) is 18.3 Å². The number of thiazole rings is 1. The Morgan fingerprint density at radius 2 is 2.50 bits per heavy atom. The van der Waals surface area contributed by atoms with Crippen molar-refractivity contribution < 1.29 is 4.79 Å². The van der Waals surface area contributed by atoms with Crippen LogP contribution in [0.1, 0.15) is 30.1 Å². The molecule has 0 radical (unpaired) electrons. The third-order valence-electron chi connectivity index (χ3n) is 3.03. The lowest BCUT2D eigenvalue weighted by molar-refractivity contribution is -0.129. The van der Waals surface area contributed by atoms with Crippen molar-refractivity contribution in [2.24, 2.45) is 5.92 Å². The van der Waals surface area contributed by atoms with Crippen LogP contribution in [0.4, 0.5) is 0 Å². The summed E-state index contributed by atoms with van der Waals surface area (Å²) in [6, 6.07) is 0.0994. The first-order valence-electron chi connectivity index (χ1n) is 5.44. The van der Waals surface area contributed by atoms with E-state index in [9.17, 15) is 4.79 Å². The molecule has 2 atom stereocenters. The molecule has 1 fully saturated rings. The van der Waals surface area contributed by atoms with E-state index in [-0.39, 0.29) is 11.9 Å². The number of carbonyl (C=O) groups is 1. The van der Waals surface area contributed by atoms with Crippen LogP contribution in [0.3, 0.4) is 0 Å². The van der Waals surface area contributed by atoms with E-state index >= 15 is 0 Å². The summed E-state index contributed by atoms with van der Waals surface area (Å²) in [5, 5.41) is 3.10. The average Bonchev–Trinajstić information content (AvgIpc) is 2.83. The standard InChI is InChI=1S/C11H16N2OS2/c1-7(10-6-16-8(2)12-10)13-4-9(5-15)3-11(13)14/h6-7,9,15H,3-5H2,1-2H3. The third-order valence-corrected chi connectivity index (χ3v) is 4.34. The minimum Gasteiger partial charge on any atom is -0.334 e. The SMILES string of the molecule is Cc1nc(C(C)N2CC(CS)CC2=O)cs1. The normalized spacial score (nSPS) is 22.8. The zero-order valence-electron chi connectivity index (χ0n) is 9.51. The van der Waals surface area contributed by atoms with Crippen molar-refractivity contribution in [3.63, 3.8) is 0 Å². The smallest absolute Gasteiger partial charge is 0.223 e. The van der Waals surface area contributed by atoms with Crippen molar-refractivity contribution >= 4 is 29.9 Å². The lowest BCUT2D eigenvalue weighted by Crippen LogP contribution is -2.28. The van der Waals surface area contributed by atoms with Gasteiger partial charge in [-0.1, -0.05) is 0 Å². The van der Waals surface area contributed by atoms with Crippen LogP contribution in [0, 0.1) is 12.8 Å². The van der Waals surface area contributed by atoms with Crippen LogP contribution in [0.15, 0.2) is 5.38 Å². The lowest BCUT2D eigenvalue weighted by atomic mass is 10.1. The minimum absolute atomic E-state index is 0.0994. The summed E-state index contributed by atoms with van der Waals surface area (Å²) in [6.07, 6.45) is 0.636. The molecule has 2 heterocycles. The van der Waals surface area contributed by atoms with Gasteiger partial charge < -0.3 is 4.90 Å². The molecule has 1 aromatic rings. The molecule has 0 saturated carbocycles. The predicted molar refractivity (Wildman–Crippen MR) is 68.9 cm³/mol. The Morgan fingerprint density at radius 3 is 3.00 bits per heavy atom. The van der Waals surface area contributed by atoms with E-state index in [4.69, 9.17) is 0 Å². The van der Waals surface area contributed by atoms with E-state index in [0.29, 0.717) is 12.3 Å². The zero-order valence-corrected chi connectivity index (χ0v) is 11.2. The van der Waals surface area contributed by atoms with Gasteiger partial charge in [0.15, 0.2) is 0 Å². The highest BCUT2D eigenvalue weighted by atomic mass is 32.1. The summed E-state index contributed by atoms with van der Waals surface area (Å²) >= 11 is 5.90. The van der Waals surface area contributed by atoms with Gasteiger partial charge in [0.25, 0.3) is 0 Å². The Labute approximate surface area is 105 Å². The van der Waals surface area contributed by atoms with Crippen LogP contribution in [0.25, 0.3) is 0 Å². The largest absolute Gasteiger partial charge is 0.334 e. The molecular weight excluding hydrogens is 240 g/mol.